The summed E-state index contributed by atoms with van der Waals surface area (Å²) in [6, 6.07) is 68.5. The van der Waals surface area contributed by atoms with E-state index in [1.54, 1.807) is 6.20 Å². The van der Waals surface area contributed by atoms with Gasteiger partial charge in [-0.1, -0.05) is 146 Å². The third kappa shape index (κ3) is 5.96. The number of fused-ring (bicyclic) bond motifs is 5. The molecule has 0 aliphatic rings. The molecule has 11 rings (SSSR count). The molecule has 3 heterocycles. The Labute approximate surface area is 335 Å². The maximum atomic E-state index is 5.43. The molecule has 270 valence electrons. The fraction of sp³-hybridized carbons (Fsp3) is 0. The zero-order valence-corrected chi connectivity index (χ0v) is 31.4. The van der Waals surface area contributed by atoms with Gasteiger partial charge in [-0.05, 0) is 108 Å². The third-order valence-electron chi connectivity index (χ3n) is 11.2. The summed E-state index contributed by atoms with van der Waals surface area (Å²) in [5.41, 5.74) is 10.7. The van der Waals surface area contributed by atoms with E-state index in [0.29, 0.717) is 5.82 Å². The molecule has 0 atom stereocenters. The Kier molecular flexibility index (Phi) is 8.11. The number of benzene rings is 8. The highest BCUT2D eigenvalue weighted by molar-refractivity contribution is 6.14. The van der Waals surface area contributed by atoms with Gasteiger partial charge in [0.05, 0.1) is 22.8 Å². The van der Waals surface area contributed by atoms with Crippen molar-refractivity contribution in [3.05, 3.63) is 207 Å². The van der Waals surface area contributed by atoms with E-state index < -0.39 is 0 Å². The Morgan fingerprint density at radius 2 is 0.828 bits per heavy atom. The van der Waals surface area contributed by atoms with E-state index in [0.717, 1.165) is 72.5 Å². The van der Waals surface area contributed by atoms with Crippen molar-refractivity contribution in [1.29, 1.82) is 0 Å². The predicted molar refractivity (Wildman–Crippen MR) is 240 cm³/mol. The average molecular weight is 739 g/mol. The number of rotatable bonds is 6. The van der Waals surface area contributed by atoms with Crippen molar-refractivity contribution in [3.8, 4) is 67.5 Å². The lowest BCUT2D eigenvalue weighted by molar-refractivity contribution is 1.19. The minimum absolute atomic E-state index is 0.652. The highest BCUT2D eigenvalue weighted by atomic mass is 14.9. The molecule has 0 bridgehead atoms. The second-order valence-corrected chi connectivity index (χ2v) is 14.7. The maximum Gasteiger partial charge on any atom is 0.160 e. The fourth-order valence-corrected chi connectivity index (χ4v) is 8.35. The van der Waals surface area contributed by atoms with Crippen LogP contribution in [0.1, 0.15) is 0 Å². The van der Waals surface area contributed by atoms with Crippen LogP contribution in [0.25, 0.3) is 111 Å². The smallest absolute Gasteiger partial charge is 0.160 e. The zero-order chi connectivity index (χ0) is 38.4. The van der Waals surface area contributed by atoms with Crippen molar-refractivity contribution in [2.45, 2.75) is 0 Å². The Bertz CT molecular complexity index is 3230. The summed E-state index contributed by atoms with van der Waals surface area (Å²) < 4.78 is 0. The molecule has 0 unspecified atom stereocenters. The molecular formula is C54H34N4. The summed E-state index contributed by atoms with van der Waals surface area (Å²) >= 11 is 0. The van der Waals surface area contributed by atoms with Crippen molar-refractivity contribution in [2.75, 3.05) is 0 Å². The summed E-state index contributed by atoms with van der Waals surface area (Å²) in [4.78, 5) is 20.3. The van der Waals surface area contributed by atoms with E-state index in [1.807, 2.05) is 30.5 Å². The molecule has 58 heavy (non-hydrogen) atoms. The number of hydrogen-bond donors (Lipinski definition) is 0. The molecular weight excluding hydrogens is 705 g/mol. The zero-order valence-electron chi connectivity index (χ0n) is 31.4. The highest BCUT2D eigenvalue weighted by Gasteiger charge is 2.18. The van der Waals surface area contributed by atoms with Gasteiger partial charge in [-0.15, -0.1) is 0 Å². The molecule has 0 saturated heterocycles. The van der Waals surface area contributed by atoms with Crippen LogP contribution in [0.15, 0.2) is 207 Å². The average Bonchev–Trinajstić information content (AvgIpc) is 3.31. The van der Waals surface area contributed by atoms with E-state index in [-0.39, 0.29) is 0 Å². The summed E-state index contributed by atoms with van der Waals surface area (Å²) in [7, 11) is 0. The molecule has 0 amide bonds. The van der Waals surface area contributed by atoms with Crippen LogP contribution in [0.2, 0.25) is 0 Å². The number of hydrogen-bond acceptors (Lipinski definition) is 4. The first kappa shape index (κ1) is 33.5. The van der Waals surface area contributed by atoms with Crippen molar-refractivity contribution >= 4 is 43.1 Å². The Morgan fingerprint density at radius 3 is 1.48 bits per heavy atom. The van der Waals surface area contributed by atoms with Crippen molar-refractivity contribution in [2.24, 2.45) is 0 Å². The first-order valence-corrected chi connectivity index (χ1v) is 19.5. The van der Waals surface area contributed by atoms with Gasteiger partial charge in [-0.3, -0.25) is 9.97 Å². The predicted octanol–water partition coefficient (Wildman–Crippen LogP) is 13.9. The van der Waals surface area contributed by atoms with Gasteiger partial charge >= 0.3 is 0 Å². The standard InChI is InChI=1S/C54H34N4/c1-4-18-42-35(13-1)16-11-23-47(42)52-33-53(48-24-12-17-36-14-2-5-19-43(36)48)58-54(57-52)41-30-39(38-26-27-51(56-34-38)50-25-9-10-28-55-50)29-40(31-41)49-32-37-15-3-6-20-44(37)45-21-7-8-22-46(45)49/h1-34H. The van der Waals surface area contributed by atoms with Gasteiger partial charge < -0.3 is 0 Å². The van der Waals surface area contributed by atoms with Crippen LogP contribution in [0.3, 0.4) is 0 Å². The fourth-order valence-electron chi connectivity index (χ4n) is 8.35. The summed E-state index contributed by atoms with van der Waals surface area (Å²) in [6.45, 7) is 0. The minimum Gasteiger partial charge on any atom is -0.255 e. The lowest BCUT2D eigenvalue weighted by Crippen LogP contribution is -1.98. The molecule has 11 aromatic rings. The van der Waals surface area contributed by atoms with Gasteiger partial charge in [0.15, 0.2) is 5.82 Å². The lowest BCUT2D eigenvalue weighted by Gasteiger charge is -2.16. The van der Waals surface area contributed by atoms with Crippen LogP contribution >= 0.6 is 0 Å². The molecule has 0 aliphatic heterocycles. The van der Waals surface area contributed by atoms with Crippen LogP contribution in [-0.2, 0) is 0 Å². The third-order valence-corrected chi connectivity index (χ3v) is 11.2. The molecule has 0 N–H and O–H groups in total. The second kappa shape index (κ2) is 14.0. The largest absolute Gasteiger partial charge is 0.255 e. The van der Waals surface area contributed by atoms with Gasteiger partial charge in [0.2, 0.25) is 0 Å². The van der Waals surface area contributed by atoms with E-state index in [9.17, 15) is 0 Å². The molecule has 3 aromatic heterocycles. The van der Waals surface area contributed by atoms with E-state index >= 15 is 0 Å². The molecule has 4 heteroatoms. The molecule has 0 spiro atoms. The van der Waals surface area contributed by atoms with Crippen molar-refractivity contribution in [3.63, 3.8) is 0 Å². The Balaban J connectivity index is 1.18. The quantitative estimate of drug-likeness (QED) is 0.159. The molecule has 8 aromatic carbocycles. The van der Waals surface area contributed by atoms with Gasteiger partial charge in [0, 0.05) is 34.6 Å². The van der Waals surface area contributed by atoms with E-state index in [2.05, 4.69) is 175 Å². The van der Waals surface area contributed by atoms with E-state index in [1.165, 1.54) is 32.3 Å². The van der Waals surface area contributed by atoms with Crippen LogP contribution < -0.4 is 0 Å². The SMILES string of the molecule is c1ccc(-c2ccc(-c3cc(-c4nc(-c5cccc6ccccc56)cc(-c5cccc6ccccc56)n4)cc(-c4cc5ccccc5c5ccccc45)c3)cn2)nc1. The molecule has 4 nitrogen and oxygen atoms in total. The van der Waals surface area contributed by atoms with Gasteiger partial charge in [0.1, 0.15) is 0 Å². The first-order valence-electron chi connectivity index (χ1n) is 19.5. The first-order chi connectivity index (χ1) is 28.7. The summed E-state index contributed by atoms with van der Waals surface area (Å²) in [5.74, 6) is 0.652. The minimum atomic E-state index is 0.652. The normalized spacial score (nSPS) is 11.4. The molecule has 0 aliphatic carbocycles. The van der Waals surface area contributed by atoms with Crippen LogP contribution in [0, 0.1) is 0 Å². The highest BCUT2D eigenvalue weighted by Crippen LogP contribution is 2.40. The molecule has 0 radical (unpaired) electrons. The number of nitrogens with zero attached hydrogens (tertiary/aromatic N) is 4. The Hall–Kier alpha value is -7.82. The van der Waals surface area contributed by atoms with Gasteiger partial charge in [-0.25, -0.2) is 9.97 Å². The molecule has 0 fully saturated rings. The van der Waals surface area contributed by atoms with Gasteiger partial charge in [0.25, 0.3) is 0 Å². The van der Waals surface area contributed by atoms with Crippen LogP contribution in [0.4, 0.5) is 0 Å². The maximum absolute atomic E-state index is 5.43. The molecule has 0 saturated carbocycles. The number of aromatic nitrogens is 4. The topological polar surface area (TPSA) is 51.6 Å². The Morgan fingerprint density at radius 1 is 0.276 bits per heavy atom. The van der Waals surface area contributed by atoms with Crippen molar-refractivity contribution < 1.29 is 0 Å². The lowest BCUT2D eigenvalue weighted by atomic mass is 9.90. The van der Waals surface area contributed by atoms with E-state index in [4.69, 9.17) is 15.0 Å². The monoisotopic (exact) mass is 738 g/mol. The summed E-state index contributed by atoms with van der Waals surface area (Å²) in [6.07, 6.45) is 3.74. The number of pyridine rings is 2. The second-order valence-electron chi connectivity index (χ2n) is 14.7. The van der Waals surface area contributed by atoms with Crippen LogP contribution in [0.5, 0.6) is 0 Å². The summed E-state index contributed by atoms with van der Waals surface area (Å²) in [5, 5.41) is 9.47. The van der Waals surface area contributed by atoms with Crippen molar-refractivity contribution in [1.82, 2.24) is 19.9 Å². The van der Waals surface area contributed by atoms with Gasteiger partial charge in [-0.2, -0.15) is 0 Å². The van der Waals surface area contributed by atoms with Crippen LogP contribution in [-0.4, -0.2) is 19.9 Å².